The first-order valence-electron chi connectivity index (χ1n) is 7.37. The molecule has 3 aromatic rings. The topological polar surface area (TPSA) is 84.8 Å². The van der Waals surface area contributed by atoms with E-state index in [1.165, 1.54) is 10.9 Å². The maximum atomic E-state index is 12.6. The fraction of sp³-hybridized carbons (Fsp3) is 0.176. The molecule has 0 unspecified atom stereocenters. The van der Waals surface area contributed by atoms with Gasteiger partial charge in [0.05, 0.1) is 4.90 Å². The van der Waals surface area contributed by atoms with Crippen LogP contribution in [0.5, 0.6) is 0 Å². The molecule has 7 heteroatoms. The zero-order valence-electron chi connectivity index (χ0n) is 13.4. The summed E-state index contributed by atoms with van der Waals surface area (Å²) in [5.41, 5.74) is 2.11. The number of benzene rings is 1. The van der Waals surface area contributed by atoms with Crippen molar-refractivity contribution in [1.29, 1.82) is 0 Å². The summed E-state index contributed by atoms with van der Waals surface area (Å²) >= 11 is 0. The molecular formula is C17H17N3O3S. The van der Waals surface area contributed by atoms with Crippen LogP contribution in [-0.2, 0) is 16.3 Å². The average Bonchev–Trinajstić information content (AvgIpc) is 2.83. The zero-order valence-corrected chi connectivity index (χ0v) is 14.2. The highest BCUT2D eigenvalue weighted by atomic mass is 32.2. The number of nitrogens with zero attached hydrogens (tertiary/aromatic N) is 2. The highest BCUT2D eigenvalue weighted by molar-refractivity contribution is 7.90. The van der Waals surface area contributed by atoms with Crippen molar-refractivity contribution < 1.29 is 8.42 Å². The molecule has 0 saturated carbocycles. The van der Waals surface area contributed by atoms with Crippen LogP contribution in [0.4, 0.5) is 0 Å². The highest BCUT2D eigenvalue weighted by Gasteiger charge is 2.14. The van der Waals surface area contributed by atoms with Crippen LogP contribution in [0.15, 0.2) is 58.4 Å². The van der Waals surface area contributed by atoms with Crippen LogP contribution in [0.25, 0.3) is 5.82 Å². The van der Waals surface area contributed by atoms with Crippen molar-refractivity contribution in [2.24, 2.45) is 0 Å². The Labute approximate surface area is 139 Å². The minimum atomic E-state index is -3.22. The maximum absolute atomic E-state index is 12.6. The number of sulfone groups is 1. The lowest BCUT2D eigenvalue weighted by Crippen LogP contribution is -2.18. The van der Waals surface area contributed by atoms with E-state index in [9.17, 15) is 13.2 Å². The normalized spacial score (nSPS) is 11.6. The summed E-state index contributed by atoms with van der Waals surface area (Å²) in [6, 6.07) is 11.9. The average molecular weight is 343 g/mol. The van der Waals surface area contributed by atoms with Crippen molar-refractivity contribution >= 4 is 9.84 Å². The van der Waals surface area contributed by atoms with Gasteiger partial charge >= 0.3 is 0 Å². The molecule has 0 radical (unpaired) electrons. The Bertz CT molecular complexity index is 1020. The summed E-state index contributed by atoms with van der Waals surface area (Å²) in [7, 11) is -3.22. The van der Waals surface area contributed by atoms with Crippen molar-refractivity contribution in [2.75, 3.05) is 6.26 Å². The Morgan fingerprint density at radius 1 is 1.12 bits per heavy atom. The van der Waals surface area contributed by atoms with Crippen LogP contribution in [0.2, 0.25) is 0 Å². The molecule has 0 aliphatic carbocycles. The molecule has 0 bridgehead atoms. The number of aromatic nitrogens is 3. The molecule has 3 rings (SSSR count). The van der Waals surface area contributed by atoms with Crippen LogP contribution >= 0.6 is 0 Å². The molecular weight excluding hydrogens is 326 g/mol. The molecule has 2 heterocycles. The molecule has 0 saturated heterocycles. The Hall–Kier alpha value is -2.67. The van der Waals surface area contributed by atoms with E-state index >= 15 is 0 Å². The number of nitrogens with one attached hydrogen (secondary N) is 1. The fourth-order valence-corrected chi connectivity index (χ4v) is 3.13. The monoisotopic (exact) mass is 343 g/mol. The van der Waals surface area contributed by atoms with Crippen molar-refractivity contribution in [3.63, 3.8) is 0 Å². The first kappa shape index (κ1) is 16.2. The number of pyridine rings is 1. The Morgan fingerprint density at radius 2 is 1.83 bits per heavy atom. The van der Waals surface area contributed by atoms with E-state index in [2.05, 4.69) is 10.1 Å². The number of hydrogen-bond donors (Lipinski definition) is 1. The van der Waals surface area contributed by atoms with Gasteiger partial charge in [-0.3, -0.25) is 9.89 Å². The van der Waals surface area contributed by atoms with Crippen LogP contribution in [0, 0.1) is 6.92 Å². The zero-order chi connectivity index (χ0) is 17.3. The number of H-pyrrole nitrogens is 1. The first-order chi connectivity index (χ1) is 11.4. The summed E-state index contributed by atoms with van der Waals surface area (Å²) in [4.78, 5) is 17.1. The first-order valence-corrected chi connectivity index (χ1v) is 9.26. The second-order valence-electron chi connectivity index (χ2n) is 5.64. The van der Waals surface area contributed by atoms with Gasteiger partial charge in [-0.1, -0.05) is 18.2 Å². The van der Waals surface area contributed by atoms with Crippen LogP contribution in [0.1, 0.15) is 16.8 Å². The minimum absolute atomic E-state index is 0.154. The van der Waals surface area contributed by atoms with Gasteiger partial charge in [0.25, 0.3) is 5.56 Å². The van der Waals surface area contributed by atoms with E-state index in [0.717, 1.165) is 11.3 Å². The second-order valence-corrected chi connectivity index (χ2v) is 7.65. The molecule has 124 valence electrons. The number of rotatable bonds is 4. The maximum Gasteiger partial charge on any atom is 0.276 e. The van der Waals surface area contributed by atoms with Crippen molar-refractivity contribution in [3.8, 4) is 5.82 Å². The van der Waals surface area contributed by atoms with E-state index < -0.39 is 9.84 Å². The summed E-state index contributed by atoms with van der Waals surface area (Å²) in [5, 5.41) is 3.03. The van der Waals surface area contributed by atoms with Gasteiger partial charge in [-0.05, 0) is 36.8 Å². The molecule has 1 aromatic carbocycles. The van der Waals surface area contributed by atoms with Crippen molar-refractivity contribution in [1.82, 2.24) is 14.8 Å². The van der Waals surface area contributed by atoms with E-state index in [0.29, 0.717) is 17.8 Å². The lowest BCUT2D eigenvalue weighted by Gasteiger charge is -2.02. The summed E-state index contributed by atoms with van der Waals surface area (Å²) in [6.07, 6.45) is 3.22. The van der Waals surface area contributed by atoms with E-state index in [1.807, 2.05) is 13.0 Å². The molecule has 6 nitrogen and oxygen atoms in total. The van der Waals surface area contributed by atoms with Gasteiger partial charge in [-0.25, -0.2) is 18.1 Å². The number of aryl methyl sites for hydroxylation is 1. The van der Waals surface area contributed by atoms with E-state index in [-0.39, 0.29) is 10.5 Å². The predicted molar refractivity (Wildman–Crippen MR) is 91.3 cm³/mol. The van der Waals surface area contributed by atoms with Crippen LogP contribution in [0.3, 0.4) is 0 Å². The van der Waals surface area contributed by atoms with Gasteiger partial charge in [0.1, 0.15) is 0 Å². The summed E-state index contributed by atoms with van der Waals surface area (Å²) < 4.78 is 24.4. The fourth-order valence-electron chi connectivity index (χ4n) is 2.50. The lowest BCUT2D eigenvalue weighted by atomic mass is 10.1. The Balaban J connectivity index is 1.94. The van der Waals surface area contributed by atoms with Crippen LogP contribution < -0.4 is 5.56 Å². The molecule has 1 N–H and O–H groups in total. The van der Waals surface area contributed by atoms with Crippen molar-refractivity contribution in [3.05, 3.63) is 75.8 Å². The molecule has 0 aliphatic rings. The number of aromatic amines is 1. The molecule has 0 aliphatic heterocycles. The third-order valence-corrected chi connectivity index (χ3v) is 4.93. The molecule has 0 spiro atoms. The predicted octanol–water partition coefficient (Wildman–Crippen LogP) is 1.86. The molecule has 0 atom stereocenters. The van der Waals surface area contributed by atoms with Gasteiger partial charge in [0.15, 0.2) is 15.7 Å². The largest absolute Gasteiger partial charge is 0.294 e. The van der Waals surface area contributed by atoms with Gasteiger partial charge in [-0.15, -0.1) is 0 Å². The SMILES string of the molecule is Cc1[nH]n(-c2ccccn2)c(=O)c1Cc1ccc(S(C)(=O)=O)cc1. The standard InChI is InChI=1S/C17H17N3O3S/c1-12-15(11-13-6-8-14(9-7-13)24(2,22)23)17(21)20(19-12)16-5-3-4-10-18-16/h3-10,19H,11H2,1-2H3. The van der Waals surface area contributed by atoms with Gasteiger partial charge in [0, 0.05) is 30.1 Å². The molecule has 0 fully saturated rings. The molecule has 0 amide bonds. The van der Waals surface area contributed by atoms with E-state index in [4.69, 9.17) is 0 Å². The van der Waals surface area contributed by atoms with E-state index in [1.54, 1.807) is 42.6 Å². The number of hydrogen-bond acceptors (Lipinski definition) is 4. The third kappa shape index (κ3) is 3.16. The highest BCUT2D eigenvalue weighted by Crippen LogP contribution is 2.14. The smallest absolute Gasteiger partial charge is 0.276 e. The molecule has 2 aromatic heterocycles. The van der Waals surface area contributed by atoms with Crippen molar-refractivity contribution in [2.45, 2.75) is 18.2 Å². The van der Waals surface area contributed by atoms with Gasteiger partial charge < -0.3 is 0 Å². The third-order valence-electron chi connectivity index (χ3n) is 3.80. The quantitative estimate of drug-likeness (QED) is 0.784. The van der Waals surface area contributed by atoms with Gasteiger partial charge in [-0.2, -0.15) is 0 Å². The Morgan fingerprint density at radius 3 is 2.42 bits per heavy atom. The second kappa shape index (κ2) is 6.09. The summed E-state index contributed by atoms with van der Waals surface area (Å²) in [5.74, 6) is 0.532. The lowest BCUT2D eigenvalue weighted by molar-refractivity contribution is 0.602. The minimum Gasteiger partial charge on any atom is -0.294 e. The molecule has 24 heavy (non-hydrogen) atoms. The van der Waals surface area contributed by atoms with Crippen LogP contribution in [-0.4, -0.2) is 29.4 Å². The van der Waals surface area contributed by atoms with Gasteiger partial charge in [0.2, 0.25) is 0 Å². The summed E-state index contributed by atoms with van der Waals surface area (Å²) in [6.45, 7) is 1.83. The Kier molecular flexibility index (Phi) is 4.11.